The fraction of sp³-hybridized carbons (Fsp3) is 0.333. The lowest BCUT2D eigenvalue weighted by Crippen LogP contribution is -2.39. The summed E-state index contributed by atoms with van der Waals surface area (Å²) in [5.74, 6) is -2.41. The molecular weight excluding hydrogens is 496 g/mol. The molecule has 0 spiro atoms. The SMILES string of the molecule is COCCNCc1ccc(-c2ccc3c(=O)n(CC[C@H](C(=O)NO)S(C)(=O)=O)cc(F)c3c2)c(F)c1. The van der Waals surface area contributed by atoms with Gasteiger partial charge in [-0.3, -0.25) is 14.8 Å². The van der Waals surface area contributed by atoms with Crippen LogP contribution in [-0.4, -0.2) is 55.9 Å². The minimum absolute atomic E-state index is 0.0145. The first kappa shape index (κ1) is 27.4. The number of hydroxylamine groups is 1. The lowest BCUT2D eigenvalue weighted by molar-refractivity contribution is -0.128. The van der Waals surface area contributed by atoms with Gasteiger partial charge in [-0.2, -0.15) is 0 Å². The number of benzene rings is 2. The average Bonchev–Trinajstić information content (AvgIpc) is 2.83. The van der Waals surface area contributed by atoms with E-state index in [9.17, 15) is 26.8 Å². The second-order valence-electron chi connectivity index (χ2n) is 8.30. The number of carbonyl (C=O) groups excluding carboxylic acids is 1. The number of amides is 1. The van der Waals surface area contributed by atoms with Gasteiger partial charge in [-0.15, -0.1) is 0 Å². The van der Waals surface area contributed by atoms with Gasteiger partial charge >= 0.3 is 0 Å². The average molecular weight is 524 g/mol. The number of pyridine rings is 1. The maximum absolute atomic E-state index is 15.0. The van der Waals surface area contributed by atoms with E-state index in [0.29, 0.717) is 25.3 Å². The minimum atomic E-state index is -3.89. The first-order valence-electron chi connectivity index (χ1n) is 11.0. The number of hydrogen-bond donors (Lipinski definition) is 3. The summed E-state index contributed by atoms with van der Waals surface area (Å²) >= 11 is 0. The first-order chi connectivity index (χ1) is 17.1. The second-order valence-corrected chi connectivity index (χ2v) is 10.5. The molecule has 194 valence electrons. The van der Waals surface area contributed by atoms with Gasteiger partial charge in [-0.1, -0.05) is 18.2 Å². The van der Waals surface area contributed by atoms with Crippen molar-refractivity contribution in [3.8, 4) is 11.1 Å². The standard InChI is InChI=1S/C24H27F2N3O6S/c1-35-10-8-27-13-15-3-5-17(20(25)11-15)16-4-6-18-19(12-16)21(26)14-29(24(18)31)9-7-22(23(30)28-32)36(2,33)34/h3-6,11-12,14,22,27,32H,7-10,13H2,1-2H3,(H,28,30)/t22-/m1/s1. The highest BCUT2D eigenvalue weighted by molar-refractivity contribution is 7.92. The van der Waals surface area contributed by atoms with Gasteiger partial charge in [-0.05, 0) is 35.7 Å². The molecule has 36 heavy (non-hydrogen) atoms. The topological polar surface area (TPSA) is 127 Å². The van der Waals surface area contributed by atoms with Crippen LogP contribution in [0.5, 0.6) is 0 Å². The van der Waals surface area contributed by atoms with Crippen molar-refractivity contribution in [2.75, 3.05) is 26.5 Å². The number of carbonyl (C=O) groups is 1. The third-order valence-corrected chi connectivity index (χ3v) is 7.23. The summed E-state index contributed by atoms with van der Waals surface area (Å²) < 4.78 is 59.4. The zero-order valence-electron chi connectivity index (χ0n) is 19.8. The van der Waals surface area contributed by atoms with Gasteiger partial charge in [0.2, 0.25) is 0 Å². The molecule has 0 saturated carbocycles. The van der Waals surface area contributed by atoms with Crippen molar-refractivity contribution in [1.29, 1.82) is 0 Å². The van der Waals surface area contributed by atoms with E-state index in [4.69, 9.17) is 9.94 Å². The maximum Gasteiger partial charge on any atom is 0.261 e. The third kappa shape index (κ3) is 6.32. The number of fused-ring (bicyclic) bond motifs is 1. The van der Waals surface area contributed by atoms with Crippen molar-refractivity contribution in [2.45, 2.75) is 24.8 Å². The Kier molecular flexibility index (Phi) is 8.90. The monoisotopic (exact) mass is 523 g/mol. The molecule has 0 bridgehead atoms. The Morgan fingerprint density at radius 2 is 1.89 bits per heavy atom. The van der Waals surface area contributed by atoms with Crippen molar-refractivity contribution < 1.29 is 31.9 Å². The highest BCUT2D eigenvalue weighted by Gasteiger charge is 2.28. The van der Waals surface area contributed by atoms with E-state index < -0.39 is 38.2 Å². The van der Waals surface area contributed by atoms with E-state index in [2.05, 4.69) is 5.32 Å². The molecule has 0 radical (unpaired) electrons. The molecule has 0 saturated heterocycles. The normalized spacial score (nSPS) is 12.6. The summed E-state index contributed by atoms with van der Waals surface area (Å²) in [6.07, 6.45) is 1.38. The molecule has 12 heteroatoms. The molecule has 0 aliphatic carbocycles. The van der Waals surface area contributed by atoms with Crippen LogP contribution in [0.3, 0.4) is 0 Å². The molecule has 0 aliphatic heterocycles. The Hall–Kier alpha value is -3.19. The van der Waals surface area contributed by atoms with Crippen LogP contribution in [-0.2, 0) is 32.5 Å². The molecule has 0 fully saturated rings. The maximum atomic E-state index is 15.0. The quantitative estimate of drug-likeness (QED) is 0.199. The molecule has 1 amide bonds. The zero-order valence-corrected chi connectivity index (χ0v) is 20.6. The number of sulfone groups is 1. The summed E-state index contributed by atoms with van der Waals surface area (Å²) in [6, 6.07) is 8.97. The number of methoxy groups -OCH3 is 1. The van der Waals surface area contributed by atoms with Crippen molar-refractivity contribution in [2.24, 2.45) is 0 Å². The van der Waals surface area contributed by atoms with Crippen LogP contribution >= 0.6 is 0 Å². The van der Waals surface area contributed by atoms with Crippen LogP contribution in [0.1, 0.15) is 12.0 Å². The molecule has 3 aromatic rings. The van der Waals surface area contributed by atoms with Crippen LogP contribution in [0.15, 0.2) is 47.4 Å². The summed E-state index contributed by atoms with van der Waals surface area (Å²) in [5, 5.41) is 10.3. The number of hydrogen-bond acceptors (Lipinski definition) is 7. The summed E-state index contributed by atoms with van der Waals surface area (Å²) in [5.41, 5.74) is 2.04. The lowest BCUT2D eigenvalue weighted by atomic mass is 10.00. The molecule has 3 rings (SSSR count). The van der Waals surface area contributed by atoms with Gasteiger partial charge in [0.25, 0.3) is 11.5 Å². The van der Waals surface area contributed by atoms with E-state index >= 15 is 0 Å². The van der Waals surface area contributed by atoms with Gasteiger partial charge in [0.15, 0.2) is 9.84 Å². The van der Waals surface area contributed by atoms with Gasteiger partial charge in [0.1, 0.15) is 16.9 Å². The van der Waals surface area contributed by atoms with Gasteiger partial charge in [0, 0.05) is 50.1 Å². The molecule has 1 heterocycles. The van der Waals surface area contributed by atoms with Crippen LogP contribution in [0.2, 0.25) is 0 Å². The summed E-state index contributed by atoms with van der Waals surface area (Å²) in [7, 11) is -2.30. The largest absolute Gasteiger partial charge is 0.383 e. The van der Waals surface area contributed by atoms with Crippen LogP contribution in [0.4, 0.5) is 8.78 Å². The molecule has 0 unspecified atom stereocenters. The smallest absolute Gasteiger partial charge is 0.261 e. The number of aromatic nitrogens is 1. The van der Waals surface area contributed by atoms with Gasteiger partial charge in [-0.25, -0.2) is 22.7 Å². The van der Waals surface area contributed by atoms with E-state index in [1.54, 1.807) is 19.2 Å². The molecule has 0 aliphatic rings. The van der Waals surface area contributed by atoms with E-state index in [1.165, 1.54) is 29.7 Å². The Bertz CT molecular complexity index is 1430. The molecule has 1 aromatic heterocycles. The fourth-order valence-electron chi connectivity index (χ4n) is 3.86. The van der Waals surface area contributed by atoms with E-state index in [1.807, 2.05) is 0 Å². The number of ether oxygens (including phenoxy) is 1. The number of rotatable bonds is 11. The molecular formula is C24H27F2N3O6S. The highest BCUT2D eigenvalue weighted by atomic mass is 32.2. The molecule has 9 nitrogen and oxygen atoms in total. The number of nitrogens with one attached hydrogen (secondary N) is 2. The number of nitrogens with zero attached hydrogens (tertiary/aromatic N) is 1. The lowest BCUT2D eigenvalue weighted by Gasteiger charge is -2.15. The summed E-state index contributed by atoms with van der Waals surface area (Å²) in [6.45, 7) is 1.31. The number of halogens is 2. The Balaban J connectivity index is 1.88. The molecule has 1 atom stereocenters. The fourth-order valence-corrected chi connectivity index (χ4v) is 4.83. The van der Waals surface area contributed by atoms with E-state index in [-0.39, 0.29) is 29.3 Å². The molecule has 2 aromatic carbocycles. The zero-order chi connectivity index (χ0) is 26.5. The highest BCUT2D eigenvalue weighted by Crippen LogP contribution is 2.27. The number of aryl methyl sites for hydroxylation is 1. The van der Waals surface area contributed by atoms with Crippen LogP contribution in [0, 0.1) is 11.6 Å². The van der Waals surface area contributed by atoms with Crippen LogP contribution < -0.4 is 16.4 Å². The Morgan fingerprint density at radius 3 is 2.53 bits per heavy atom. The van der Waals surface area contributed by atoms with Crippen molar-refractivity contribution >= 4 is 26.5 Å². The van der Waals surface area contributed by atoms with Crippen molar-refractivity contribution in [3.63, 3.8) is 0 Å². The minimum Gasteiger partial charge on any atom is -0.383 e. The van der Waals surface area contributed by atoms with E-state index in [0.717, 1.165) is 22.6 Å². The van der Waals surface area contributed by atoms with Gasteiger partial charge < -0.3 is 14.6 Å². The Labute approximate surface area is 206 Å². The molecule has 3 N–H and O–H groups in total. The predicted molar refractivity (Wildman–Crippen MR) is 130 cm³/mol. The van der Waals surface area contributed by atoms with Crippen molar-refractivity contribution in [3.05, 3.63) is 70.1 Å². The van der Waals surface area contributed by atoms with Crippen molar-refractivity contribution in [1.82, 2.24) is 15.4 Å². The predicted octanol–water partition coefficient (Wildman–Crippen LogP) is 1.99. The second kappa shape index (κ2) is 11.7. The Morgan fingerprint density at radius 1 is 1.14 bits per heavy atom. The third-order valence-electron chi connectivity index (χ3n) is 5.75. The first-order valence-corrected chi connectivity index (χ1v) is 13.0. The summed E-state index contributed by atoms with van der Waals surface area (Å²) in [4.78, 5) is 24.6. The van der Waals surface area contributed by atoms with Crippen LogP contribution in [0.25, 0.3) is 21.9 Å². The van der Waals surface area contributed by atoms with Gasteiger partial charge in [0.05, 0.1) is 12.0 Å².